The van der Waals surface area contributed by atoms with Crippen molar-refractivity contribution < 1.29 is 8.42 Å². The summed E-state index contributed by atoms with van der Waals surface area (Å²) in [4.78, 5) is 9.02. The van der Waals surface area contributed by atoms with Gasteiger partial charge in [-0.25, -0.2) is 8.42 Å². The highest BCUT2D eigenvalue weighted by atomic mass is 32.2. The van der Waals surface area contributed by atoms with Gasteiger partial charge in [0.25, 0.3) is 0 Å². The number of hydrogen-bond donors (Lipinski definition) is 0. The van der Waals surface area contributed by atoms with Gasteiger partial charge < -0.3 is 0 Å². The van der Waals surface area contributed by atoms with Crippen molar-refractivity contribution in [2.24, 2.45) is 0 Å². The molecule has 0 amide bonds. The number of piperidine rings is 1. The molecular formula is C16H23N5O2S. The smallest absolute Gasteiger partial charge is 0.246 e. The maximum Gasteiger partial charge on any atom is 0.246 e. The lowest BCUT2D eigenvalue weighted by Crippen LogP contribution is -2.39. The van der Waals surface area contributed by atoms with E-state index in [0.717, 1.165) is 24.2 Å². The molecular weight excluding hydrogens is 326 g/mol. The molecule has 0 saturated carbocycles. The summed E-state index contributed by atoms with van der Waals surface area (Å²) < 4.78 is 29.3. The second kappa shape index (κ2) is 6.60. The Labute approximate surface area is 142 Å². The zero-order valence-electron chi connectivity index (χ0n) is 14.3. The predicted octanol–water partition coefficient (Wildman–Crippen LogP) is 1.88. The quantitative estimate of drug-likeness (QED) is 0.842. The molecule has 0 N–H and O–H groups in total. The van der Waals surface area contributed by atoms with E-state index in [-0.39, 0.29) is 5.92 Å². The Morgan fingerprint density at radius 1 is 1.25 bits per heavy atom. The second-order valence-corrected chi connectivity index (χ2v) is 8.10. The Bertz CT molecular complexity index is 831. The number of nitrogens with zero attached hydrogens (tertiary/aromatic N) is 5. The van der Waals surface area contributed by atoms with Gasteiger partial charge in [-0.15, -0.1) is 0 Å². The van der Waals surface area contributed by atoms with Crippen molar-refractivity contribution in [3.63, 3.8) is 0 Å². The Balaban J connectivity index is 1.87. The summed E-state index contributed by atoms with van der Waals surface area (Å²) >= 11 is 0. The van der Waals surface area contributed by atoms with Crippen LogP contribution >= 0.6 is 0 Å². The van der Waals surface area contributed by atoms with Crippen molar-refractivity contribution >= 4 is 10.0 Å². The third-order valence-corrected chi connectivity index (χ3v) is 6.52. The van der Waals surface area contributed by atoms with Crippen molar-refractivity contribution in [1.82, 2.24) is 24.1 Å². The van der Waals surface area contributed by atoms with Gasteiger partial charge in [0.15, 0.2) is 0 Å². The van der Waals surface area contributed by atoms with Gasteiger partial charge in [0.05, 0.1) is 23.3 Å². The summed E-state index contributed by atoms with van der Waals surface area (Å²) in [6.07, 6.45) is 6.67. The lowest BCUT2D eigenvalue weighted by molar-refractivity contribution is 0.312. The van der Waals surface area contributed by atoms with Gasteiger partial charge in [-0.2, -0.15) is 9.40 Å². The van der Waals surface area contributed by atoms with Crippen molar-refractivity contribution in [2.45, 2.75) is 51.0 Å². The molecule has 1 aliphatic rings. The fourth-order valence-corrected chi connectivity index (χ4v) is 4.91. The average molecular weight is 349 g/mol. The number of rotatable bonds is 4. The maximum atomic E-state index is 13.0. The van der Waals surface area contributed by atoms with Crippen LogP contribution in [-0.2, 0) is 16.6 Å². The van der Waals surface area contributed by atoms with Crippen molar-refractivity contribution in [2.75, 3.05) is 13.1 Å². The molecule has 8 heteroatoms. The molecule has 0 aliphatic carbocycles. The van der Waals surface area contributed by atoms with E-state index in [1.54, 1.807) is 28.3 Å². The lowest BCUT2D eigenvalue weighted by atomic mass is 9.96. The fourth-order valence-electron chi connectivity index (χ4n) is 3.22. The van der Waals surface area contributed by atoms with Crippen LogP contribution < -0.4 is 0 Å². The minimum absolute atomic E-state index is 0.0856. The van der Waals surface area contributed by atoms with E-state index in [4.69, 9.17) is 0 Å². The molecule has 2 aromatic heterocycles. The van der Waals surface area contributed by atoms with E-state index in [1.165, 1.54) is 6.20 Å². The lowest BCUT2D eigenvalue weighted by Gasteiger charge is -2.31. The van der Waals surface area contributed by atoms with E-state index in [0.29, 0.717) is 30.2 Å². The molecule has 3 rings (SSSR count). The molecule has 1 fully saturated rings. The molecule has 0 spiro atoms. The Hall–Kier alpha value is -1.80. The van der Waals surface area contributed by atoms with Gasteiger partial charge in [0, 0.05) is 37.9 Å². The zero-order valence-corrected chi connectivity index (χ0v) is 15.1. The molecule has 1 atom stereocenters. The normalized spacial score (nSPS) is 19.5. The summed E-state index contributed by atoms with van der Waals surface area (Å²) in [6.45, 7) is 7.28. The van der Waals surface area contributed by atoms with Crippen LogP contribution in [0.2, 0.25) is 0 Å². The largest absolute Gasteiger partial charge is 0.269 e. The molecule has 24 heavy (non-hydrogen) atoms. The Kier molecular flexibility index (Phi) is 4.69. The second-order valence-electron chi connectivity index (χ2n) is 6.20. The van der Waals surface area contributed by atoms with Gasteiger partial charge in [0.2, 0.25) is 10.0 Å². The fraction of sp³-hybridized carbons (Fsp3) is 0.562. The van der Waals surface area contributed by atoms with Gasteiger partial charge >= 0.3 is 0 Å². The molecule has 130 valence electrons. The first-order valence-corrected chi connectivity index (χ1v) is 9.68. The Morgan fingerprint density at radius 3 is 2.71 bits per heavy atom. The molecule has 0 unspecified atom stereocenters. The molecule has 0 radical (unpaired) electrons. The van der Waals surface area contributed by atoms with Crippen LogP contribution in [0.15, 0.2) is 23.5 Å². The standard InChI is InChI=1S/C16H23N5O2S/c1-4-21-13(3)16(10-18-21)24(22,23)20-7-5-6-14(11-20)15-9-17-8-12(2)19-15/h8-10,14H,4-7,11H2,1-3H3/t14-/m0/s1. The minimum Gasteiger partial charge on any atom is -0.269 e. The zero-order chi connectivity index (χ0) is 17.3. The molecule has 1 aliphatic heterocycles. The van der Waals surface area contributed by atoms with Crippen molar-refractivity contribution in [3.8, 4) is 0 Å². The predicted molar refractivity (Wildman–Crippen MR) is 90.1 cm³/mol. The summed E-state index contributed by atoms with van der Waals surface area (Å²) in [5.74, 6) is 0.0856. The van der Waals surface area contributed by atoms with Crippen LogP contribution in [0.1, 0.15) is 42.8 Å². The van der Waals surface area contributed by atoms with E-state index < -0.39 is 10.0 Å². The maximum absolute atomic E-state index is 13.0. The summed E-state index contributed by atoms with van der Waals surface area (Å²) in [6, 6.07) is 0. The third-order valence-electron chi connectivity index (χ3n) is 4.55. The van der Waals surface area contributed by atoms with Crippen LogP contribution in [0, 0.1) is 13.8 Å². The number of aryl methyl sites for hydroxylation is 2. The molecule has 2 aromatic rings. The minimum atomic E-state index is -3.53. The molecule has 1 saturated heterocycles. The first kappa shape index (κ1) is 17.0. The molecule has 0 aromatic carbocycles. The summed E-state index contributed by atoms with van der Waals surface area (Å²) in [7, 11) is -3.53. The highest BCUT2D eigenvalue weighted by molar-refractivity contribution is 7.89. The third kappa shape index (κ3) is 3.08. The average Bonchev–Trinajstić information content (AvgIpc) is 2.96. The highest BCUT2D eigenvalue weighted by Crippen LogP contribution is 2.30. The molecule has 3 heterocycles. The van der Waals surface area contributed by atoms with Gasteiger partial charge in [-0.1, -0.05) is 0 Å². The van der Waals surface area contributed by atoms with Crippen LogP contribution in [0.4, 0.5) is 0 Å². The summed E-state index contributed by atoms with van der Waals surface area (Å²) in [5, 5.41) is 4.17. The first-order chi connectivity index (χ1) is 11.4. The van der Waals surface area contributed by atoms with E-state index in [2.05, 4.69) is 15.1 Å². The number of aromatic nitrogens is 4. The molecule has 0 bridgehead atoms. The van der Waals surface area contributed by atoms with Crippen LogP contribution in [0.25, 0.3) is 0 Å². The van der Waals surface area contributed by atoms with Gasteiger partial charge in [-0.3, -0.25) is 14.6 Å². The van der Waals surface area contributed by atoms with E-state index in [9.17, 15) is 8.42 Å². The monoisotopic (exact) mass is 349 g/mol. The topological polar surface area (TPSA) is 81.0 Å². The van der Waals surface area contributed by atoms with Crippen molar-refractivity contribution in [1.29, 1.82) is 0 Å². The van der Waals surface area contributed by atoms with E-state index in [1.807, 2.05) is 13.8 Å². The van der Waals surface area contributed by atoms with Gasteiger partial charge in [-0.05, 0) is 33.6 Å². The van der Waals surface area contributed by atoms with Crippen LogP contribution in [0.3, 0.4) is 0 Å². The van der Waals surface area contributed by atoms with Gasteiger partial charge in [0.1, 0.15) is 4.90 Å². The van der Waals surface area contributed by atoms with Crippen LogP contribution in [-0.4, -0.2) is 45.6 Å². The first-order valence-electron chi connectivity index (χ1n) is 8.24. The Morgan fingerprint density at radius 2 is 2.04 bits per heavy atom. The SMILES string of the molecule is CCn1ncc(S(=O)(=O)N2CCC[C@H](c3cncc(C)n3)C2)c1C. The van der Waals surface area contributed by atoms with E-state index >= 15 is 0 Å². The van der Waals surface area contributed by atoms with Crippen molar-refractivity contribution in [3.05, 3.63) is 35.7 Å². The summed E-state index contributed by atoms with van der Waals surface area (Å²) in [5.41, 5.74) is 2.42. The molecule has 7 nitrogen and oxygen atoms in total. The highest BCUT2D eigenvalue weighted by Gasteiger charge is 2.33. The number of hydrogen-bond acceptors (Lipinski definition) is 5. The van der Waals surface area contributed by atoms with Crippen LogP contribution in [0.5, 0.6) is 0 Å². The number of sulfonamides is 1.